The zero-order valence-corrected chi connectivity index (χ0v) is 8.76. The summed E-state index contributed by atoms with van der Waals surface area (Å²) in [5.74, 6) is 0. The Kier molecular flexibility index (Phi) is 5.54. The number of hydrogen-bond acceptors (Lipinski definition) is 2. The molecule has 0 amide bonds. The highest BCUT2D eigenvalue weighted by Gasteiger charge is 1.86. The van der Waals surface area contributed by atoms with Gasteiger partial charge in [-0.15, -0.1) is 0 Å². The lowest BCUT2D eigenvalue weighted by Crippen LogP contribution is -1.86. The van der Waals surface area contributed by atoms with E-state index in [0.29, 0.717) is 6.42 Å². The third-order valence-electron chi connectivity index (χ3n) is 1.34. The van der Waals surface area contributed by atoms with E-state index < -0.39 is 0 Å². The summed E-state index contributed by atoms with van der Waals surface area (Å²) in [6.07, 6.45) is 4.25. The van der Waals surface area contributed by atoms with Crippen LogP contribution in [0.2, 0.25) is 0 Å². The summed E-state index contributed by atoms with van der Waals surface area (Å²) in [6.45, 7) is 7.94. The van der Waals surface area contributed by atoms with Gasteiger partial charge in [0.25, 0.3) is 0 Å². The summed E-state index contributed by atoms with van der Waals surface area (Å²) in [4.78, 5) is 4.15. The van der Waals surface area contributed by atoms with Gasteiger partial charge in [0.1, 0.15) is 0 Å². The number of hydrogen-bond donors (Lipinski definition) is 0. The van der Waals surface area contributed by atoms with Crippen molar-refractivity contribution in [2.24, 2.45) is 4.99 Å². The molecule has 0 aliphatic carbocycles. The van der Waals surface area contributed by atoms with Crippen molar-refractivity contribution in [3.05, 3.63) is 23.4 Å². The Morgan fingerprint density at radius 2 is 1.92 bits per heavy atom. The average molecular weight is 176 g/mol. The molecule has 0 N–H and O–H groups in total. The van der Waals surface area contributed by atoms with E-state index in [1.165, 1.54) is 5.57 Å². The highest BCUT2D eigenvalue weighted by Crippen LogP contribution is 2.01. The first-order valence-electron chi connectivity index (χ1n) is 4.28. The van der Waals surface area contributed by atoms with Crippen LogP contribution in [0, 0.1) is 11.3 Å². The van der Waals surface area contributed by atoms with Crippen LogP contribution in [0.4, 0.5) is 0 Å². The molecule has 0 aliphatic heterocycles. The van der Waals surface area contributed by atoms with Crippen molar-refractivity contribution in [3.63, 3.8) is 0 Å². The van der Waals surface area contributed by atoms with Crippen molar-refractivity contribution in [1.29, 1.82) is 5.26 Å². The first kappa shape index (κ1) is 11.6. The Morgan fingerprint density at radius 3 is 2.38 bits per heavy atom. The normalized spacial score (nSPS) is 12.2. The van der Waals surface area contributed by atoms with E-state index in [0.717, 1.165) is 11.3 Å². The second-order valence-electron chi connectivity index (χ2n) is 3.29. The van der Waals surface area contributed by atoms with Crippen LogP contribution in [0.1, 0.15) is 34.1 Å². The predicted octanol–water partition coefficient (Wildman–Crippen LogP) is 3.23. The van der Waals surface area contributed by atoms with Crippen molar-refractivity contribution in [1.82, 2.24) is 0 Å². The lowest BCUT2D eigenvalue weighted by molar-refractivity contribution is 1.31. The van der Waals surface area contributed by atoms with Gasteiger partial charge in [-0.25, -0.2) is 0 Å². The topological polar surface area (TPSA) is 36.1 Å². The second-order valence-corrected chi connectivity index (χ2v) is 3.29. The van der Waals surface area contributed by atoms with Crippen LogP contribution in [-0.2, 0) is 0 Å². The fourth-order valence-electron chi connectivity index (χ4n) is 0.865. The number of nitrogens with zero attached hydrogens (tertiary/aromatic N) is 2. The molecule has 0 spiro atoms. The summed E-state index contributed by atoms with van der Waals surface area (Å²) in [5.41, 5.74) is 3.21. The Hall–Kier alpha value is -1.36. The molecule has 0 aromatic heterocycles. The van der Waals surface area contributed by atoms with Gasteiger partial charge in [-0.1, -0.05) is 11.6 Å². The van der Waals surface area contributed by atoms with Crippen molar-refractivity contribution in [2.75, 3.05) is 0 Å². The molecule has 2 heteroatoms. The molecule has 0 aromatic rings. The van der Waals surface area contributed by atoms with E-state index in [1.54, 1.807) is 6.20 Å². The molecule has 0 rings (SSSR count). The molecular formula is C11H16N2. The Morgan fingerprint density at radius 1 is 1.31 bits per heavy atom. The minimum Gasteiger partial charge on any atom is -0.265 e. The molecule has 0 atom stereocenters. The third kappa shape index (κ3) is 7.02. The van der Waals surface area contributed by atoms with Gasteiger partial charge in [-0.05, 0) is 33.3 Å². The van der Waals surface area contributed by atoms with Crippen molar-refractivity contribution >= 4 is 5.71 Å². The van der Waals surface area contributed by atoms with E-state index in [2.05, 4.69) is 17.1 Å². The summed E-state index contributed by atoms with van der Waals surface area (Å²) in [7, 11) is 0. The maximum Gasteiger partial charge on any atom is 0.0732 e. The van der Waals surface area contributed by atoms with Gasteiger partial charge in [0.05, 0.1) is 12.5 Å². The van der Waals surface area contributed by atoms with Gasteiger partial charge in [0.15, 0.2) is 0 Å². The van der Waals surface area contributed by atoms with Crippen molar-refractivity contribution in [3.8, 4) is 6.07 Å². The first-order chi connectivity index (χ1) is 6.06. The summed E-state index contributed by atoms with van der Waals surface area (Å²) in [5, 5.41) is 8.38. The molecular weight excluding hydrogens is 160 g/mol. The fraction of sp³-hybridized carbons (Fsp3) is 0.455. The molecule has 0 saturated carbocycles. The Labute approximate surface area is 80.3 Å². The van der Waals surface area contributed by atoms with Gasteiger partial charge >= 0.3 is 0 Å². The number of aliphatic imine (C=N–C) groups is 1. The molecule has 0 radical (unpaired) electrons. The lowest BCUT2D eigenvalue weighted by atomic mass is 10.2. The number of nitriles is 1. The van der Waals surface area contributed by atoms with E-state index in [9.17, 15) is 0 Å². The van der Waals surface area contributed by atoms with E-state index in [4.69, 9.17) is 5.26 Å². The lowest BCUT2D eigenvalue weighted by Gasteiger charge is -1.92. The second kappa shape index (κ2) is 6.19. The van der Waals surface area contributed by atoms with Crippen LogP contribution in [0.15, 0.2) is 28.4 Å². The molecule has 0 saturated heterocycles. The third-order valence-corrected chi connectivity index (χ3v) is 1.34. The standard InChI is InChI=1S/C11H16N2/c1-9(2)7-10(3)8-13-11(4)5-6-12/h7-8H,5H2,1-4H3/b10-8-,13-11?. The summed E-state index contributed by atoms with van der Waals surface area (Å²) in [6, 6.07) is 2.06. The number of allylic oxidation sites excluding steroid dienone is 3. The molecule has 0 fully saturated rings. The highest BCUT2D eigenvalue weighted by molar-refractivity contribution is 5.84. The molecule has 0 bridgehead atoms. The Balaban J connectivity index is 4.35. The van der Waals surface area contributed by atoms with Crippen molar-refractivity contribution in [2.45, 2.75) is 34.1 Å². The first-order valence-corrected chi connectivity index (χ1v) is 4.28. The fourth-order valence-corrected chi connectivity index (χ4v) is 0.865. The largest absolute Gasteiger partial charge is 0.265 e. The zero-order chi connectivity index (χ0) is 10.3. The summed E-state index contributed by atoms with van der Waals surface area (Å²) >= 11 is 0. The van der Waals surface area contributed by atoms with E-state index in [-0.39, 0.29) is 0 Å². The molecule has 0 heterocycles. The van der Waals surface area contributed by atoms with Crippen LogP contribution in [0.5, 0.6) is 0 Å². The van der Waals surface area contributed by atoms with Crippen LogP contribution in [0.25, 0.3) is 0 Å². The van der Waals surface area contributed by atoms with E-state index >= 15 is 0 Å². The quantitative estimate of drug-likeness (QED) is 0.480. The molecule has 70 valence electrons. The van der Waals surface area contributed by atoms with Gasteiger partial charge < -0.3 is 0 Å². The van der Waals surface area contributed by atoms with Crippen LogP contribution in [-0.4, -0.2) is 5.71 Å². The van der Waals surface area contributed by atoms with Crippen molar-refractivity contribution < 1.29 is 0 Å². The minimum atomic E-state index is 0.401. The summed E-state index contributed by atoms with van der Waals surface area (Å²) < 4.78 is 0. The maximum absolute atomic E-state index is 8.38. The van der Waals surface area contributed by atoms with Gasteiger partial charge in [0, 0.05) is 11.9 Å². The van der Waals surface area contributed by atoms with Gasteiger partial charge in [-0.2, -0.15) is 5.26 Å². The average Bonchev–Trinajstić information content (AvgIpc) is 2.00. The monoisotopic (exact) mass is 176 g/mol. The SMILES string of the molecule is CC(C)=C/C(C)=C\N=C(C)CC#N. The Bertz CT molecular complexity index is 284. The number of rotatable bonds is 3. The molecule has 0 aromatic carbocycles. The molecule has 0 unspecified atom stereocenters. The molecule has 13 heavy (non-hydrogen) atoms. The highest BCUT2D eigenvalue weighted by atomic mass is 14.7. The molecule has 0 aliphatic rings. The van der Waals surface area contributed by atoms with Crippen LogP contribution >= 0.6 is 0 Å². The van der Waals surface area contributed by atoms with Crippen LogP contribution < -0.4 is 0 Å². The van der Waals surface area contributed by atoms with E-state index in [1.807, 2.05) is 27.7 Å². The minimum absolute atomic E-state index is 0.401. The van der Waals surface area contributed by atoms with Gasteiger partial charge in [0.2, 0.25) is 0 Å². The smallest absolute Gasteiger partial charge is 0.0732 e. The predicted molar refractivity (Wildman–Crippen MR) is 56.5 cm³/mol. The maximum atomic E-state index is 8.38. The zero-order valence-electron chi connectivity index (χ0n) is 8.76. The van der Waals surface area contributed by atoms with Crippen LogP contribution in [0.3, 0.4) is 0 Å². The van der Waals surface area contributed by atoms with Gasteiger partial charge in [-0.3, -0.25) is 4.99 Å². The molecule has 2 nitrogen and oxygen atoms in total.